The molecule has 1 amide bonds. The van der Waals surface area contributed by atoms with E-state index in [4.69, 9.17) is 33.7 Å². The molecular weight excluding hydrogens is 371 g/mol. The molecule has 0 saturated carbocycles. The van der Waals surface area contributed by atoms with Crippen molar-refractivity contribution in [1.82, 2.24) is 4.98 Å². The molecule has 0 bridgehead atoms. The van der Waals surface area contributed by atoms with Crippen LogP contribution >= 0.6 is 23.2 Å². The van der Waals surface area contributed by atoms with Crippen LogP contribution in [0.15, 0.2) is 24.3 Å². The van der Waals surface area contributed by atoms with Gasteiger partial charge in [-0.05, 0) is 26.0 Å². The molecule has 0 atom stereocenters. The Morgan fingerprint density at radius 3 is 2.60 bits per heavy atom. The first-order valence-corrected chi connectivity index (χ1v) is 7.82. The Kier molecular flexibility index (Phi) is 5.66. The van der Waals surface area contributed by atoms with Crippen molar-refractivity contribution in [2.45, 2.75) is 20.0 Å². The van der Waals surface area contributed by atoms with Gasteiger partial charge in [0.15, 0.2) is 0 Å². The molecule has 0 aliphatic heterocycles. The molecule has 1 aromatic heterocycles. The van der Waals surface area contributed by atoms with Gasteiger partial charge in [0.05, 0.1) is 33.4 Å². The number of hydrogen-bond acceptors (Lipinski definition) is 6. The highest BCUT2D eigenvalue weighted by Gasteiger charge is 2.17. The molecule has 10 heteroatoms. The average Bonchev–Trinajstić information content (AvgIpc) is 2.51. The standard InChI is InChI=1S/C15H14Cl2N4O4/c1-7(2)25-10-4-8(3-9(5-10)21(23)24)15(22)19-12-6-11(16)13(17)20-14(12)18/h3-7H,1-2H3,(H2,18,20)(H,19,22). The molecule has 2 aromatic rings. The average molecular weight is 385 g/mol. The predicted molar refractivity (Wildman–Crippen MR) is 95.5 cm³/mol. The molecule has 8 nitrogen and oxygen atoms in total. The van der Waals surface area contributed by atoms with E-state index in [1.54, 1.807) is 13.8 Å². The first-order valence-electron chi connectivity index (χ1n) is 7.06. The number of halogens is 2. The number of pyridine rings is 1. The van der Waals surface area contributed by atoms with Gasteiger partial charge in [-0.2, -0.15) is 0 Å². The Bertz CT molecular complexity index is 843. The van der Waals surface area contributed by atoms with Crippen molar-refractivity contribution in [3.63, 3.8) is 0 Å². The van der Waals surface area contributed by atoms with Crippen molar-refractivity contribution >= 4 is 46.3 Å². The molecule has 0 unspecified atom stereocenters. The summed E-state index contributed by atoms with van der Waals surface area (Å²) < 4.78 is 5.44. The van der Waals surface area contributed by atoms with Crippen molar-refractivity contribution in [3.8, 4) is 5.75 Å². The van der Waals surface area contributed by atoms with E-state index in [1.165, 1.54) is 18.2 Å². The monoisotopic (exact) mass is 384 g/mol. The minimum absolute atomic E-state index is 0.000124. The lowest BCUT2D eigenvalue weighted by Gasteiger charge is -2.12. The maximum Gasteiger partial charge on any atom is 0.273 e. The van der Waals surface area contributed by atoms with Crippen LogP contribution in [-0.2, 0) is 0 Å². The third-order valence-electron chi connectivity index (χ3n) is 2.95. The number of nitro benzene ring substituents is 1. The lowest BCUT2D eigenvalue weighted by Crippen LogP contribution is -2.15. The number of nitro groups is 1. The van der Waals surface area contributed by atoms with E-state index >= 15 is 0 Å². The maximum atomic E-state index is 12.4. The topological polar surface area (TPSA) is 120 Å². The molecular formula is C15H14Cl2N4O4. The van der Waals surface area contributed by atoms with E-state index < -0.39 is 10.8 Å². The zero-order valence-electron chi connectivity index (χ0n) is 13.2. The molecule has 25 heavy (non-hydrogen) atoms. The van der Waals surface area contributed by atoms with Crippen LogP contribution in [0, 0.1) is 10.1 Å². The summed E-state index contributed by atoms with van der Waals surface area (Å²) in [6, 6.07) is 5.10. The molecule has 0 aliphatic rings. The van der Waals surface area contributed by atoms with Gasteiger partial charge in [0, 0.05) is 6.07 Å². The number of anilines is 2. The van der Waals surface area contributed by atoms with Crippen LogP contribution in [0.3, 0.4) is 0 Å². The van der Waals surface area contributed by atoms with Crippen molar-refractivity contribution in [2.24, 2.45) is 0 Å². The smallest absolute Gasteiger partial charge is 0.273 e. The molecule has 0 fully saturated rings. The molecule has 0 aliphatic carbocycles. The first kappa shape index (κ1) is 18.8. The summed E-state index contributed by atoms with van der Waals surface area (Å²) >= 11 is 11.6. The number of hydrogen-bond donors (Lipinski definition) is 2. The summed E-state index contributed by atoms with van der Waals surface area (Å²) in [5.41, 5.74) is 5.57. The molecule has 1 heterocycles. The molecule has 0 radical (unpaired) electrons. The van der Waals surface area contributed by atoms with Crippen LogP contribution in [0.25, 0.3) is 0 Å². The van der Waals surface area contributed by atoms with Gasteiger partial charge < -0.3 is 15.8 Å². The predicted octanol–water partition coefficient (Wildman–Crippen LogP) is 3.92. The summed E-state index contributed by atoms with van der Waals surface area (Å²) in [7, 11) is 0. The van der Waals surface area contributed by atoms with E-state index in [0.717, 1.165) is 6.07 Å². The zero-order chi connectivity index (χ0) is 18.7. The van der Waals surface area contributed by atoms with Crippen molar-refractivity contribution in [2.75, 3.05) is 11.1 Å². The number of carbonyl (C=O) groups is 1. The molecule has 2 rings (SSSR count). The van der Waals surface area contributed by atoms with Gasteiger partial charge >= 0.3 is 0 Å². The van der Waals surface area contributed by atoms with Crippen molar-refractivity contribution < 1.29 is 14.5 Å². The highest BCUT2D eigenvalue weighted by molar-refractivity contribution is 6.41. The van der Waals surface area contributed by atoms with Crippen LogP contribution in [0.4, 0.5) is 17.2 Å². The summed E-state index contributed by atoms with van der Waals surface area (Å²) in [4.78, 5) is 26.7. The van der Waals surface area contributed by atoms with E-state index in [1.807, 2.05) is 0 Å². The summed E-state index contributed by atoms with van der Waals surface area (Å²) in [5.74, 6) is -0.467. The lowest BCUT2D eigenvalue weighted by atomic mass is 10.1. The second kappa shape index (κ2) is 7.54. The quantitative estimate of drug-likeness (QED) is 0.457. The molecule has 132 valence electrons. The molecule has 1 aromatic carbocycles. The Morgan fingerprint density at radius 1 is 1.32 bits per heavy atom. The summed E-state index contributed by atoms with van der Waals surface area (Å²) in [6.07, 6.45) is -0.215. The van der Waals surface area contributed by atoms with Gasteiger partial charge in [0.1, 0.15) is 16.7 Å². The number of nitrogens with zero attached hydrogens (tertiary/aromatic N) is 2. The van der Waals surface area contributed by atoms with Crippen LogP contribution in [0.5, 0.6) is 5.75 Å². The highest BCUT2D eigenvalue weighted by Crippen LogP contribution is 2.29. The molecule has 3 N–H and O–H groups in total. The van der Waals surface area contributed by atoms with Gasteiger partial charge in [-0.1, -0.05) is 23.2 Å². The minimum Gasteiger partial charge on any atom is -0.491 e. The number of amides is 1. The van der Waals surface area contributed by atoms with Crippen molar-refractivity contribution in [3.05, 3.63) is 50.1 Å². The van der Waals surface area contributed by atoms with Crippen LogP contribution in [0.2, 0.25) is 10.2 Å². The summed E-state index contributed by atoms with van der Waals surface area (Å²) in [6.45, 7) is 3.53. The van der Waals surface area contributed by atoms with Crippen LogP contribution < -0.4 is 15.8 Å². The Labute approximate surface area is 153 Å². The number of nitrogens with two attached hydrogens (primary N) is 1. The van der Waals surface area contributed by atoms with Gasteiger partial charge in [0.25, 0.3) is 11.6 Å². The number of aromatic nitrogens is 1. The molecule has 0 spiro atoms. The number of ether oxygens (including phenoxy) is 1. The Hall–Kier alpha value is -2.58. The Morgan fingerprint density at radius 2 is 2.00 bits per heavy atom. The Balaban J connectivity index is 2.36. The SMILES string of the molecule is CC(C)Oc1cc(C(=O)Nc2cc(Cl)c(Cl)nc2N)cc([N+](=O)[O-])c1. The van der Waals surface area contributed by atoms with Gasteiger partial charge in [-0.15, -0.1) is 0 Å². The molecule has 0 saturated heterocycles. The van der Waals surface area contributed by atoms with E-state index in [2.05, 4.69) is 10.3 Å². The van der Waals surface area contributed by atoms with Crippen LogP contribution in [0.1, 0.15) is 24.2 Å². The number of rotatable bonds is 5. The fourth-order valence-corrected chi connectivity index (χ4v) is 2.23. The van der Waals surface area contributed by atoms with E-state index in [-0.39, 0.29) is 44.8 Å². The number of benzene rings is 1. The van der Waals surface area contributed by atoms with Crippen LogP contribution in [-0.4, -0.2) is 21.9 Å². The fraction of sp³-hybridized carbons (Fsp3) is 0.200. The second-order valence-electron chi connectivity index (χ2n) is 5.29. The normalized spacial score (nSPS) is 10.6. The highest BCUT2D eigenvalue weighted by atomic mass is 35.5. The third-order valence-corrected chi connectivity index (χ3v) is 3.62. The van der Waals surface area contributed by atoms with Gasteiger partial charge in [-0.25, -0.2) is 4.98 Å². The summed E-state index contributed by atoms with van der Waals surface area (Å²) in [5, 5.41) is 13.7. The number of nitrogens with one attached hydrogen (secondary N) is 1. The zero-order valence-corrected chi connectivity index (χ0v) is 14.8. The second-order valence-corrected chi connectivity index (χ2v) is 6.05. The maximum absolute atomic E-state index is 12.4. The number of carbonyl (C=O) groups excluding carboxylic acids is 1. The third kappa shape index (κ3) is 4.71. The number of non-ortho nitro benzene ring substituents is 1. The lowest BCUT2D eigenvalue weighted by molar-refractivity contribution is -0.385. The number of nitrogen functional groups attached to an aromatic ring is 1. The van der Waals surface area contributed by atoms with Gasteiger partial charge in [-0.3, -0.25) is 14.9 Å². The first-order chi connectivity index (χ1) is 11.7. The largest absolute Gasteiger partial charge is 0.491 e. The van der Waals surface area contributed by atoms with Crippen molar-refractivity contribution in [1.29, 1.82) is 0 Å². The van der Waals surface area contributed by atoms with Gasteiger partial charge in [0.2, 0.25) is 0 Å². The fourth-order valence-electron chi connectivity index (χ4n) is 1.93. The van der Waals surface area contributed by atoms with E-state index in [9.17, 15) is 14.9 Å². The van der Waals surface area contributed by atoms with E-state index in [0.29, 0.717) is 0 Å². The minimum atomic E-state index is -0.635.